The Morgan fingerprint density at radius 1 is 1.47 bits per heavy atom. The summed E-state index contributed by atoms with van der Waals surface area (Å²) in [6.45, 7) is 8.05. The minimum absolute atomic E-state index is 0.116. The van der Waals surface area contributed by atoms with Crippen LogP contribution in [0.4, 0.5) is 5.69 Å². The highest BCUT2D eigenvalue weighted by Gasteiger charge is 2.08. The summed E-state index contributed by atoms with van der Waals surface area (Å²) in [7, 11) is 0. The van der Waals surface area contributed by atoms with Crippen LogP contribution in [0.5, 0.6) is 5.75 Å². The second-order valence-corrected chi connectivity index (χ2v) is 4.17. The van der Waals surface area contributed by atoms with Gasteiger partial charge in [0.05, 0.1) is 5.69 Å². The standard InChI is InChI=1S/C14H19NO2/c1-4-5-13(16)11-6-7-14(12(15)8-11)17-9-10(2)3/h6-8H,2,4-5,9,15H2,1,3H3. The van der Waals surface area contributed by atoms with E-state index in [-0.39, 0.29) is 5.78 Å². The number of anilines is 1. The molecule has 0 atom stereocenters. The lowest BCUT2D eigenvalue weighted by molar-refractivity contribution is 0.0982. The van der Waals surface area contributed by atoms with Gasteiger partial charge in [0.25, 0.3) is 0 Å². The topological polar surface area (TPSA) is 52.3 Å². The fourth-order valence-corrected chi connectivity index (χ4v) is 1.43. The van der Waals surface area contributed by atoms with Gasteiger partial charge in [-0.15, -0.1) is 0 Å². The minimum Gasteiger partial charge on any atom is -0.487 e. The Labute approximate surface area is 102 Å². The zero-order valence-corrected chi connectivity index (χ0v) is 10.5. The third-order valence-corrected chi connectivity index (χ3v) is 2.28. The van der Waals surface area contributed by atoms with Crippen molar-refractivity contribution >= 4 is 11.5 Å². The molecule has 1 aromatic rings. The molecule has 0 amide bonds. The number of rotatable bonds is 6. The molecule has 2 N–H and O–H groups in total. The molecule has 0 aliphatic heterocycles. The van der Waals surface area contributed by atoms with Crippen LogP contribution in [0.3, 0.4) is 0 Å². The van der Waals surface area contributed by atoms with Gasteiger partial charge in [0.1, 0.15) is 12.4 Å². The van der Waals surface area contributed by atoms with E-state index in [0.717, 1.165) is 12.0 Å². The summed E-state index contributed by atoms with van der Waals surface area (Å²) in [5, 5.41) is 0. The van der Waals surface area contributed by atoms with Gasteiger partial charge in [0.15, 0.2) is 5.78 Å². The van der Waals surface area contributed by atoms with Crippen LogP contribution in [-0.4, -0.2) is 12.4 Å². The lowest BCUT2D eigenvalue weighted by Gasteiger charge is -2.09. The molecule has 92 valence electrons. The van der Waals surface area contributed by atoms with E-state index < -0.39 is 0 Å². The van der Waals surface area contributed by atoms with Gasteiger partial charge in [-0.25, -0.2) is 0 Å². The number of nitrogen functional groups attached to an aromatic ring is 1. The highest BCUT2D eigenvalue weighted by Crippen LogP contribution is 2.23. The molecule has 3 nitrogen and oxygen atoms in total. The fourth-order valence-electron chi connectivity index (χ4n) is 1.43. The molecule has 0 aromatic heterocycles. The number of benzene rings is 1. The van der Waals surface area contributed by atoms with Crippen molar-refractivity contribution in [3.8, 4) is 5.75 Å². The Morgan fingerprint density at radius 3 is 2.71 bits per heavy atom. The lowest BCUT2D eigenvalue weighted by Crippen LogP contribution is -2.03. The van der Waals surface area contributed by atoms with Crippen LogP contribution in [0, 0.1) is 0 Å². The quantitative estimate of drug-likeness (QED) is 0.466. The summed E-state index contributed by atoms with van der Waals surface area (Å²) < 4.78 is 5.46. The average Bonchev–Trinajstić information content (AvgIpc) is 2.27. The Balaban J connectivity index is 2.78. The smallest absolute Gasteiger partial charge is 0.162 e. The monoisotopic (exact) mass is 233 g/mol. The number of ether oxygens (including phenoxy) is 1. The fraction of sp³-hybridized carbons (Fsp3) is 0.357. The van der Waals surface area contributed by atoms with E-state index in [1.54, 1.807) is 18.2 Å². The number of Topliss-reactive ketones (excluding diaryl/α,β-unsaturated/α-hetero) is 1. The zero-order chi connectivity index (χ0) is 12.8. The van der Waals surface area contributed by atoms with Crippen molar-refractivity contribution in [3.05, 3.63) is 35.9 Å². The number of nitrogens with two attached hydrogens (primary N) is 1. The summed E-state index contributed by atoms with van der Waals surface area (Å²) in [5.74, 6) is 0.715. The largest absolute Gasteiger partial charge is 0.487 e. The molecule has 0 radical (unpaired) electrons. The van der Waals surface area contributed by atoms with E-state index in [4.69, 9.17) is 10.5 Å². The first kappa shape index (κ1) is 13.3. The van der Waals surface area contributed by atoms with Crippen LogP contribution < -0.4 is 10.5 Å². The maximum atomic E-state index is 11.7. The molecular weight excluding hydrogens is 214 g/mol. The molecule has 0 unspecified atom stereocenters. The molecule has 0 aliphatic rings. The second-order valence-electron chi connectivity index (χ2n) is 4.17. The van der Waals surface area contributed by atoms with Crippen LogP contribution in [-0.2, 0) is 0 Å². The zero-order valence-electron chi connectivity index (χ0n) is 10.5. The number of ketones is 1. The highest BCUT2D eigenvalue weighted by molar-refractivity contribution is 5.97. The van der Waals surface area contributed by atoms with Crippen LogP contribution in [0.2, 0.25) is 0 Å². The number of carbonyl (C=O) groups is 1. The first-order valence-electron chi connectivity index (χ1n) is 5.74. The number of hydrogen-bond acceptors (Lipinski definition) is 3. The molecular formula is C14H19NO2. The molecule has 1 rings (SSSR count). The molecule has 0 bridgehead atoms. The second kappa shape index (κ2) is 6.09. The van der Waals surface area contributed by atoms with E-state index in [9.17, 15) is 4.79 Å². The van der Waals surface area contributed by atoms with Crippen molar-refractivity contribution in [1.29, 1.82) is 0 Å². The molecule has 1 aromatic carbocycles. The van der Waals surface area contributed by atoms with Gasteiger partial charge < -0.3 is 10.5 Å². The number of carbonyl (C=O) groups excluding carboxylic acids is 1. The van der Waals surface area contributed by atoms with E-state index >= 15 is 0 Å². The maximum Gasteiger partial charge on any atom is 0.162 e. The molecule has 17 heavy (non-hydrogen) atoms. The van der Waals surface area contributed by atoms with Crippen molar-refractivity contribution < 1.29 is 9.53 Å². The first-order chi connectivity index (χ1) is 8.04. The summed E-state index contributed by atoms with van der Waals surface area (Å²) in [4.78, 5) is 11.7. The molecule has 0 spiro atoms. The van der Waals surface area contributed by atoms with Gasteiger partial charge in [0.2, 0.25) is 0 Å². The average molecular weight is 233 g/mol. The predicted octanol–water partition coefficient (Wildman–Crippen LogP) is 3.21. The van der Waals surface area contributed by atoms with Crippen LogP contribution >= 0.6 is 0 Å². The Morgan fingerprint density at radius 2 is 2.18 bits per heavy atom. The van der Waals surface area contributed by atoms with Crippen molar-refractivity contribution in [1.82, 2.24) is 0 Å². The molecule has 3 heteroatoms. The summed E-state index contributed by atoms with van der Waals surface area (Å²) in [6, 6.07) is 5.16. The third-order valence-electron chi connectivity index (χ3n) is 2.28. The van der Waals surface area contributed by atoms with Crippen molar-refractivity contribution in [3.63, 3.8) is 0 Å². The van der Waals surface area contributed by atoms with Gasteiger partial charge in [-0.1, -0.05) is 13.5 Å². The molecule has 0 fully saturated rings. The minimum atomic E-state index is 0.116. The van der Waals surface area contributed by atoms with E-state index in [2.05, 4.69) is 6.58 Å². The maximum absolute atomic E-state index is 11.7. The van der Waals surface area contributed by atoms with Gasteiger partial charge >= 0.3 is 0 Å². The molecule has 0 saturated carbocycles. The summed E-state index contributed by atoms with van der Waals surface area (Å²) >= 11 is 0. The molecule has 0 aliphatic carbocycles. The normalized spacial score (nSPS) is 10.0. The lowest BCUT2D eigenvalue weighted by atomic mass is 10.1. The van der Waals surface area contributed by atoms with Gasteiger partial charge in [-0.3, -0.25) is 4.79 Å². The Kier molecular flexibility index (Phi) is 4.76. The Bertz CT molecular complexity index is 424. The van der Waals surface area contributed by atoms with E-state index in [1.807, 2.05) is 13.8 Å². The third kappa shape index (κ3) is 3.94. The van der Waals surface area contributed by atoms with Crippen molar-refractivity contribution in [2.45, 2.75) is 26.7 Å². The summed E-state index contributed by atoms with van der Waals surface area (Å²) in [5.41, 5.74) is 7.90. The van der Waals surface area contributed by atoms with Gasteiger partial charge in [-0.2, -0.15) is 0 Å². The SMILES string of the molecule is C=C(C)COc1ccc(C(=O)CCC)cc1N. The summed E-state index contributed by atoms with van der Waals surface area (Å²) in [6.07, 6.45) is 1.39. The molecule has 0 saturated heterocycles. The first-order valence-corrected chi connectivity index (χ1v) is 5.74. The van der Waals surface area contributed by atoms with Crippen molar-refractivity contribution in [2.75, 3.05) is 12.3 Å². The van der Waals surface area contributed by atoms with E-state index in [0.29, 0.717) is 30.0 Å². The predicted molar refractivity (Wildman–Crippen MR) is 70.4 cm³/mol. The van der Waals surface area contributed by atoms with Gasteiger partial charge in [0, 0.05) is 12.0 Å². The van der Waals surface area contributed by atoms with E-state index in [1.165, 1.54) is 0 Å². The van der Waals surface area contributed by atoms with Gasteiger partial charge in [-0.05, 0) is 37.1 Å². The Hall–Kier alpha value is -1.77. The highest BCUT2D eigenvalue weighted by atomic mass is 16.5. The number of hydrogen-bond donors (Lipinski definition) is 1. The van der Waals surface area contributed by atoms with Crippen LogP contribution in [0.15, 0.2) is 30.4 Å². The van der Waals surface area contributed by atoms with Crippen LogP contribution in [0.1, 0.15) is 37.0 Å². The molecule has 0 heterocycles. The van der Waals surface area contributed by atoms with Crippen LogP contribution in [0.25, 0.3) is 0 Å². The van der Waals surface area contributed by atoms with Crippen molar-refractivity contribution in [2.24, 2.45) is 0 Å².